The van der Waals surface area contributed by atoms with Crippen LogP contribution in [-0.4, -0.2) is 210 Å². The summed E-state index contributed by atoms with van der Waals surface area (Å²) in [4.78, 5) is 16.4. The fourth-order valence-electron chi connectivity index (χ4n) is 6.32. The average Bonchev–Trinajstić information content (AvgIpc) is 3.44. The molecule has 0 bridgehead atoms. The molecule has 0 atom stereocenters. The van der Waals surface area contributed by atoms with E-state index in [4.69, 9.17) is 0 Å². The molecule has 0 aromatic heterocycles. The molecule has 49 heavy (non-hydrogen) atoms. The van der Waals surface area contributed by atoms with Crippen LogP contribution in [0.5, 0.6) is 0 Å². The first-order valence-electron chi connectivity index (χ1n) is 20.3. The van der Waals surface area contributed by atoms with E-state index in [2.05, 4.69) is 94.8 Å². The number of piperazine rings is 1. The number of nitrogens with zero attached hydrogens (tertiary/aromatic N) is 7. The standard InChI is InChI=1S/C7H15N.C6H13NOS.2C6H13N.C5H12N2.C5H11N.C4H9N/c1-8-6-4-2-3-5-7-8;1-7-3-5-9(2,8)6-4-7;2*1-7-5-3-2-4-6-7;1-7-4-2-6-3-5-7;1-6-4-2-3-5-6;1-5-3-2-4-5/h2-7H2,1H3;2-6H2,1H3;2*2-6H2,1H3;6H,2-5H2,1H3;2-5H2,1H3;2-4H2,1H3. The van der Waals surface area contributed by atoms with Crippen LogP contribution in [0.25, 0.3) is 0 Å². The molecule has 294 valence electrons. The minimum atomic E-state index is -1.66. The molecule has 7 fully saturated rings. The van der Waals surface area contributed by atoms with E-state index in [9.17, 15) is 4.21 Å². The predicted molar refractivity (Wildman–Crippen MR) is 220 cm³/mol. The Balaban J connectivity index is 0.000000287. The molecular formula is C39H86N8OS. The van der Waals surface area contributed by atoms with Crippen molar-refractivity contribution in [3.05, 3.63) is 0 Å². The van der Waals surface area contributed by atoms with Gasteiger partial charge in [-0.05, 0) is 188 Å². The van der Waals surface area contributed by atoms with E-state index in [0.717, 1.165) is 37.7 Å². The first-order chi connectivity index (χ1) is 23.5. The van der Waals surface area contributed by atoms with Gasteiger partial charge in [-0.15, -0.1) is 0 Å². The SMILES string of the molecule is C=S1(=O)CCN(C)CC1.CN1CCC1.CN1CCCC1.CN1CCCCC1.CN1CCCCC1.CN1CCCCCC1.CN1CCNCC1. The van der Waals surface area contributed by atoms with Gasteiger partial charge in [-0.1, -0.05) is 25.7 Å². The van der Waals surface area contributed by atoms with E-state index in [1.165, 1.54) is 162 Å². The molecule has 0 aromatic rings. The summed E-state index contributed by atoms with van der Waals surface area (Å²) in [7, 11) is 13.5. The highest BCUT2D eigenvalue weighted by atomic mass is 32.2. The minimum absolute atomic E-state index is 0.781. The number of hydrogen-bond donors (Lipinski definition) is 1. The van der Waals surface area contributed by atoms with E-state index in [1.54, 1.807) is 0 Å². The molecule has 1 N–H and O–H groups in total. The quantitative estimate of drug-likeness (QED) is 0.377. The van der Waals surface area contributed by atoms with Crippen molar-refractivity contribution < 1.29 is 4.21 Å². The fourth-order valence-corrected chi connectivity index (χ4v) is 7.81. The highest BCUT2D eigenvalue weighted by Gasteiger charge is 2.13. The fraction of sp³-hybridized carbons (Fsp3) is 0.974. The van der Waals surface area contributed by atoms with Crippen molar-refractivity contribution in [2.75, 3.05) is 166 Å². The monoisotopic (exact) mass is 715 g/mol. The van der Waals surface area contributed by atoms with Gasteiger partial charge < -0.3 is 39.6 Å². The molecule has 7 aliphatic rings. The first-order valence-corrected chi connectivity index (χ1v) is 22.4. The van der Waals surface area contributed by atoms with Crippen molar-refractivity contribution in [2.24, 2.45) is 0 Å². The van der Waals surface area contributed by atoms with E-state index < -0.39 is 9.52 Å². The van der Waals surface area contributed by atoms with Crippen LogP contribution in [0, 0.1) is 0 Å². The predicted octanol–water partition coefficient (Wildman–Crippen LogP) is 3.90. The molecule has 0 radical (unpaired) electrons. The van der Waals surface area contributed by atoms with Crippen LogP contribution in [0.1, 0.15) is 83.5 Å². The smallest absolute Gasteiger partial charge is 0.0287 e. The minimum Gasteiger partial charge on any atom is -0.314 e. The van der Waals surface area contributed by atoms with E-state index in [0.29, 0.717) is 0 Å². The lowest BCUT2D eigenvalue weighted by atomic mass is 10.1. The number of hydrogen-bond acceptors (Lipinski definition) is 9. The summed E-state index contributed by atoms with van der Waals surface area (Å²) in [6.07, 6.45) is 18.5. The largest absolute Gasteiger partial charge is 0.314 e. The molecule has 0 unspecified atom stereocenters. The summed E-state index contributed by atoms with van der Waals surface area (Å²) in [6.45, 7) is 19.8. The van der Waals surface area contributed by atoms with Crippen molar-refractivity contribution in [3.63, 3.8) is 0 Å². The molecule has 7 heterocycles. The van der Waals surface area contributed by atoms with Gasteiger partial charge >= 0.3 is 0 Å². The lowest BCUT2D eigenvalue weighted by Crippen LogP contribution is -2.40. The zero-order chi connectivity index (χ0) is 36.2. The van der Waals surface area contributed by atoms with Crippen LogP contribution in [-0.2, 0) is 9.52 Å². The third-order valence-corrected chi connectivity index (χ3v) is 12.3. The van der Waals surface area contributed by atoms with Crippen LogP contribution in [0.3, 0.4) is 0 Å². The van der Waals surface area contributed by atoms with Crippen molar-refractivity contribution in [1.82, 2.24) is 39.6 Å². The Kier molecular flexibility index (Phi) is 28.8. The summed E-state index contributed by atoms with van der Waals surface area (Å²) in [5, 5.41) is 3.27. The van der Waals surface area contributed by atoms with Crippen LogP contribution in [0.15, 0.2) is 0 Å². The third kappa shape index (κ3) is 29.9. The molecule has 7 saturated heterocycles. The van der Waals surface area contributed by atoms with Gasteiger partial charge in [0.05, 0.1) is 0 Å². The molecule has 9 nitrogen and oxygen atoms in total. The molecule has 0 spiro atoms. The molecule has 10 heteroatoms. The Bertz CT molecular complexity index is 759. The summed E-state index contributed by atoms with van der Waals surface area (Å²) in [5.74, 6) is 5.23. The van der Waals surface area contributed by atoms with Crippen LogP contribution < -0.4 is 5.32 Å². The van der Waals surface area contributed by atoms with Gasteiger partial charge in [0.2, 0.25) is 0 Å². The average molecular weight is 715 g/mol. The Morgan fingerprint density at radius 3 is 0.776 bits per heavy atom. The zero-order valence-corrected chi connectivity index (χ0v) is 34.9. The van der Waals surface area contributed by atoms with Crippen LogP contribution >= 0.6 is 0 Å². The topological polar surface area (TPSA) is 51.8 Å². The van der Waals surface area contributed by atoms with Gasteiger partial charge in [0.15, 0.2) is 0 Å². The summed E-state index contributed by atoms with van der Waals surface area (Å²) >= 11 is 0. The van der Waals surface area contributed by atoms with E-state index in [1.807, 2.05) is 0 Å². The molecule has 0 saturated carbocycles. The Morgan fingerprint density at radius 2 is 0.571 bits per heavy atom. The van der Waals surface area contributed by atoms with Gasteiger partial charge in [-0.25, -0.2) is 0 Å². The van der Waals surface area contributed by atoms with Crippen molar-refractivity contribution in [2.45, 2.75) is 83.5 Å². The number of piperidine rings is 2. The summed E-state index contributed by atoms with van der Waals surface area (Å²) < 4.78 is 11.2. The van der Waals surface area contributed by atoms with Crippen LogP contribution in [0.4, 0.5) is 0 Å². The van der Waals surface area contributed by atoms with Gasteiger partial charge in [0, 0.05) is 50.8 Å². The second kappa shape index (κ2) is 30.2. The lowest BCUT2D eigenvalue weighted by molar-refractivity contribution is 0.229. The zero-order valence-electron chi connectivity index (χ0n) is 34.1. The lowest BCUT2D eigenvalue weighted by Gasteiger charge is -2.24. The third-order valence-electron chi connectivity index (χ3n) is 10.4. The van der Waals surface area contributed by atoms with Crippen LogP contribution in [0.2, 0.25) is 0 Å². The van der Waals surface area contributed by atoms with Gasteiger partial charge in [-0.2, -0.15) is 0 Å². The van der Waals surface area contributed by atoms with Gasteiger partial charge in [0.1, 0.15) is 0 Å². The van der Waals surface area contributed by atoms with Crippen molar-refractivity contribution in [3.8, 4) is 0 Å². The Hall–Kier alpha value is -0.300. The van der Waals surface area contributed by atoms with Crippen molar-refractivity contribution in [1.29, 1.82) is 0 Å². The number of likely N-dealkylation sites (N-methyl/N-ethyl adjacent to an activating group) is 1. The van der Waals surface area contributed by atoms with Gasteiger partial charge in [0.25, 0.3) is 0 Å². The van der Waals surface area contributed by atoms with E-state index >= 15 is 0 Å². The highest BCUT2D eigenvalue weighted by molar-refractivity contribution is 8.00. The second-order valence-electron chi connectivity index (χ2n) is 15.8. The first kappa shape index (κ1) is 46.7. The Labute approximate surface area is 307 Å². The molecule has 7 rings (SSSR count). The normalized spacial score (nSPS) is 25.9. The maximum Gasteiger partial charge on any atom is 0.0287 e. The molecule has 0 aromatic carbocycles. The van der Waals surface area contributed by atoms with E-state index in [-0.39, 0.29) is 0 Å². The molecule has 0 amide bonds. The molecular weight excluding hydrogens is 629 g/mol. The summed E-state index contributed by atoms with van der Waals surface area (Å²) in [5.41, 5.74) is 0. The number of nitrogens with one attached hydrogen (secondary N) is 1. The molecule has 7 aliphatic heterocycles. The maximum absolute atomic E-state index is 11.2. The Morgan fingerprint density at radius 1 is 0.347 bits per heavy atom. The second-order valence-corrected chi connectivity index (χ2v) is 18.6. The maximum atomic E-state index is 11.2. The number of likely N-dealkylation sites (tertiary alicyclic amines) is 5. The summed E-state index contributed by atoms with van der Waals surface area (Å²) in [6, 6.07) is 0. The molecule has 0 aliphatic carbocycles. The van der Waals surface area contributed by atoms with Gasteiger partial charge in [-0.3, -0.25) is 4.21 Å². The number of rotatable bonds is 0. The van der Waals surface area contributed by atoms with Crippen molar-refractivity contribution >= 4 is 15.4 Å². The highest BCUT2D eigenvalue weighted by Crippen LogP contribution is 2.07.